The van der Waals surface area contributed by atoms with Gasteiger partial charge in [0.25, 0.3) is 0 Å². The molecule has 13 heavy (non-hydrogen) atoms. The zero-order valence-electron chi connectivity index (χ0n) is 7.10. The number of carbonyl (C=O) groups excluding carboxylic acids is 1. The predicted molar refractivity (Wildman–Crippen MR) is 49.2 cm³/mol. The third-order valence-corrected chi connectivity index (χ3v) is 2.13. The number of rotatable bonds is 2. The van der Waals surface area contributed by atoms with E-state index in [2.05, 4.69) is 5.32 Å². The number of nitrogens with one attached hydrogen (secondary N) is 1. The number of para-hydroxylation sites is 1. The summed E-state index contributed by atoms with van der Waals surface area (Å²) in [4.78, 5) is 11.3. The van der Waals surface area contributed by atoms with Gasteiger partial charge in [0, 0.05) is 5.69 Å². The second-order valence-electron chi connectivity index (χ2n) is 3.26. The fourth-order valence-corrected chi connectivity index (χ4v) is 1.22. The van der Waals surface area contributed by atoms with Gasteiger partial charge in [0.2, 0.25) is 5.91 Å². The Morgan fingerprint density at radius 2 is 2.00 bits per heavy atom. The number of aliphatic hydroxyl groups excluding tert-OH is 1. The summed E-state index contributed by atoms with van der Waals surface area (Å²) in [5.41, 5.74) is 0.784. The van der Waals surface area contributed by atoms with E-state index in [0.717, 1.165) is 5.69 Å². The molecule has 2 unspecified atom stereocenters. The van der Waals surface area contributed by atoms with Crippen LogP contribution >= 0.6 is 0 Å². The molecule has 0 saturated heterocycles. The van der Waals surface area contributed by atoms with E-state index in [4.69, 9.17) is 5.11 Å². The lowest BCUT2D eigenvalue weighted by Crippen LogP contribution is -2.15. The van der Waals surface area contributed by atoms with Gasteiger partial charge in [0.05, 0.1) is 12.0 Å². The first kappa shape index (κ1) is 8.26. The third kappa shape index (κ3) is 1.87. The minimum Gasteiger partial charge on any atom is -0.392 e. The van der Waals surface area contributed by atoms with Crippen LogP contribution in [0.15, 0.2) is 30.3 Å². The van der Waals surface area contributed by atoms with Crippen LogP contribution in [0, 0.1) is 5.92 Å². The van der Waals surface area contributed by atoms with Crippen molar-refractivity contribution in [2.75, 3.05) is 5.32 Å². The number of hydrogen-bond acceptors (Lipinski definition) is 2. The normalized spacial score (nSPS) is 25.3. The monoisotopic (exact) mass is 177 g/mol. The van der Waals surface area contributed by atoms with Crippen molar-refractivity contribution in [3.63, 3.8) is 0 Å². The molecule has 1 aliphatic rings. The number of benzene rings is 1. The number of carbonyl (C=O) groups is 1. The third-order valence-electron chi connectivity index (χ3n) is 2.13. The van der Waals surface area contributed by atoms with Gasteiger partial charge in [0.15, 0.2) is 0 Å². The van der Waals surface area contributed by atoms with Gasteiger partial charge in [-0.25, -0.2) is 0 Å². The Morgan fingerprint density at radius 1 is 1.38 bits per heavy atom. The van der Waals surface area contributed by atoms with Crippen LogP contribution < -0.4 is 5.32 Å². The second-order valence-corrected chi connectivity index (χ2v) is 3.26. The summed E-state index contributed by atoms with van der Waals surface area (Å²) in [5, 5.41) is 11.7. The molecule has 1 aliphatic carbocycles. The zero-order chi connectivity index (χ0) is 9.26. The van der Waals surface area contributed by atoms with Crippen LogP contribution in [0.1, 0.15) is 6.42 Å². The molecule has 1 amide bonds. The molecule has 1 saturated carbocycles. The Bertz CT molecular complexity index is 310. The summed E-state index contributed by atoms with van der Waals surface area (Å²) in [6.45, 7) is 0. The molecule has 0 spiro atoms. The largest absolute Gasteiger partial charge is 0.392 e. The maximum atomic E-state index is 11.3. The first-order valence-electron chi connectivity index (χ1n) is 4.31. The number of aliphatic hydroxyl groups is 1. The van der Waals surface area contributed by atoms with Gasteiger partial charge in [-0.05, 0) is 18.6 Å². The van der Waals surface area contributed by atoms with Crippen molar-refractivity contribution in [1.29, 1.82) is 0 Å². The van der Waals surface area contributed by atoms with Gasteiger partial charge in [0.1, 0.15) is 0 Å². The Labute approximate surface area is 76.4 Å². The van der Waals surface area contributed by atoms with Crippen molar-refractivity contribution >= 4 is 11.6 Å². The summed E-state index contributed by atoms with van der Waals surface area (Å²) in [5.74, 6) is -0.279. The second kappa shape index (κ2) is 3.18. The first-order valence-corrected chi connectivity index (χ1v) is 4.31. The SMILES string of the molecule is O=C(Nc1ccccc1)C1CC1O. The maximum Gasteiger partial charge on any atom is 0.230 e. The van der Waals surface area contributed by atoms with E-state index in [1.54, 1.807) is 0 Å². The minimum absolute atomic E-state index is 0.0845. The van der Waals surface area contributed by atoms with Crippen LogP contribution in [0.2, 0.25) is 0 Å². The minimum atomic E-state index is -0.427. The van der Waals surface area contributed by atoms with Crippen molar-refractivity contribution in [2.45, 2.75) is 12.5 Å². The van der Waals surface area contributed by atoms with E-state index in [0.29, 0.717) is 6.42 Å². The molecule has 1 aromatic rings. The van der Waals surface area contributed by atoms with Gasteiger partial charge >= 0.3 is 0 Å². The molecule has 0 heterocycles. The Balaban J connectivity index is 1.95. The average Bonchev–Trinajstić information content (AvgIpc) is 2.84. The molecule has 2 atom stereocenters. The zero-order valence-corrected chi connectivity index (χ0v) is 7.10. The highest BCUT2D eigenvalue weighted by atomic mass is 16.3. The van der Waals surface area contributed by atoms with E-state index < -0.39 is 6.10 Å². The number of amides is 1. The van der Waals surface area contributed by atoms with Gasteiger partial charge in [-0.15, -0.1) is 0 Å². The number of anilines is 1. The standard InChI is InChI=1S/C10H11NO2/c12-9-6-8(9)10(13)11-7-4-2-1-3-5-7/h1-5,8-9,12H,6H2,(H,11,13). The molecule has 0 aromatic heterocycles. The van der Waals surface area contributed by atoms with Crippen LogP contribution in [0.5, 0.6) is 0 Å². The Kier molecular flexibility index (Phi) is 2.02. The molecule has 68 valence electrons. The topological polar surface area (TPSA) is 49.3 Å². The summed E-state index contributed by atoms with van der Waals surface area (Å²) in [6, 6.07) is 9.26. The van der Waals surface area contributed by atoms with Gasteiger partial charge in [-0.3, -0.25) is 4.79 Å². The van der Waals surface area contributed by atoms with E-state index in [1.165, 1.54) is 0 Å². The first-order chi connectivity index (χ1) is 6.27. The van der Waals surface area contributed by atoms with Crippen molar-refractivity contribution in [3.8, 4) is 0 Å². The van der Waals surface area contributed by atoms with Gasteiger partial charge < -0.3 is 10.4 Å². The fraction of sp³-hybridized carbons (Fsp3) is 0.300. The van der Waals surface area contributed by atoms with E-state index in [1.807, 2.05) is 30.3 Å². The van der Waals surface area contributed by atoms with E-state index >= 15 is 0 Å². The summed E-state index contributed by atoms with van der Waals surface area (Å²) in [6.07, 6.45) is 0.169. The smallest absolute Gasteiger partial charge is 0.230 e. The van der Waals surface area contributed by atoms with E-state index in [9.17, 15) is 4.79 Å². The highest BCUT2D eigenvalue weighted by molar-refractivity contribution is 5.94. The molecule has 0 radical (unpaired) electrons. The molecular weight excluding hydrogens is 166 g/mol. The highest BCUT2D eigenvalue weighted by Crippen LogP contribution is 2.30. The Hall–Kier alpha value is -1.35. The Morgan fingerprint density at radius 3 is 2.54 bits per heavy atom. The summed E-state index contributed by atoms with van der Waals surface area (Å²) < 4.78 is 0. The molecule has 2 N–H and O–H groups in total. The van der Waals surface area contributed by atoms with Crippen LogP contribution in [-0.2, 0) is 4.79 Å². The summed E-state index contributed by atoms with van der Waals surface area (Å²) in [7, 11) is 0. The highest BCUT2D eigenvalue weighted by Gasteiger charge is 2.41. The average molecular weight is 177 g/mol. The molecule has 0 bridgehead atoms. The van der Waals surface area contributed by atoms with Crippen LogP contribution in [-0.4, -0.2) is 17.1 Å². The lowest BCUT2D eigenvalue weighted by Gasteiger charge is -2.02. The molecule has 2 rings (SSSR count). The quantitative estimate of drug-likeness (QED) is 0.708. The lowest BCUT2D eigenvalue weighted by molar-refractivity contribution is -0.117. The van der Waals surface area contributed by atoms with Crippen molar-refractivity contribution in [3.05, 3.63) is 30.3 Å². The fourth-order valence-electron chi connectivity index (χ4n) is 1.22. The molecule has 3 heteroatoms. The van der Waals surface area contributed by atoms with Crippen molar-refractivity contribution in [2.24, 2.45) is 5.92 Å². The van der Waals surface area contributed by atoms with Crippen molar-refractivity contribution < 1.29 is 9.90 Å². The van der Waals surface area contributed by atoms with Crippen LogP contribution in [0.25, 0.3) is 0 Å². The summed E-state index contributed by atoms with van der Waals surface area (Å²) >= 11 is 0. The molecule has 3 nitrogen and oxygen atoms in total. The molecule has 0 aliphatic heterocycles. The van der Waals surface area contributed by atoms with Crippen molar-refractivity contribution in [1.82, 2.24) is 0 Å². The van der Waals surface area contributed by atoms with Gasteiger partial charge in [-0.1, -0.05) is 18.2 Å². The maximum absolute atomic E-state index is 11.3. The molecule has 1 fully saturated rings. The van der Waals surface area contributed by atoms with Crippen LogP contribution in [0.3, 0.4) is 0 Å². The van der Waals surface area contributed by atoms with Gasteiger partial charge in [-0.2, -0.15) is 0 Å². The predicted octanol–water partition coefficient (Wildman–Crippen LogP) is 1.01. The molecule has 1 aromatic carbocycles. The molecular formula is C10H11NO2. The van der Waals surface area contributed by atoms with Crippen LogP contribution in [0.4, 0.5) is 5.69 Å². The number of hydrogen-bond donors (Lipinski definition) is 2. The lowest BCUT2D eigenvalue weighted by atomic mass is 10.3. The van der Waals surface area contributed by atoms with E-state index in [-0.39, 0.29) is 11.8 Å².